The zero-order chi connectivity index (χ0) is 18.7. The van der Waals surface area contributed by atoms with E-state index in [1.165, 1.54) is 0 Å². The van der Waals surface area contributed by atoms with Crippen LogP contribution < -0.4 is 4.74 Å². The largest absolute Gasteiger partial charge is 0.497 e. The molecule has 3 amide bonds. The Balaban J connectivity index is 1.94. The minimum Gasteiger partial charge on any atom is -0.497 e. The molecule has 2 aliphatic heterocycles. The number of amides is 3. The number of imide groups is 1. The van der Waals surface area contributed by atoms with E-state index in [9.17, 15) is 14.4 Å². The summed E-state index contributed by atoms with van der Waals surface area (Å²) in [6.45, 7) is 3.27. The molecule has 0 spiro atoms. The lowest BCUT2D eigenvalue weighted by Gasteiger charge is -2.28. The van der Waals surface area contributed by atoms with Crippen LogP contribution >= 0.6 is 0 Å². The van der Waals surface area contributed by atoms with Crippen LogP contribution in [0.5, 0.6) is 5.75 Å². The number of ether oxygens (including phenoxy) is 2. The molecular weight excluding hydrogens is 336 g/mol. The Morgan fingerprint density at radius 3 is 2.38 bits per heavy atom. The Kier molecular flexibility index (Phi) is 5.44. The van der Waals surface area contributed by atoms with Crippen molar-refractivity contribution in [1.29, 1.82) is 0 Å². The fourth-order valence-corrected chi connectivity index (χ4v) is 3.72. The highest BCUT2D eigenvalue weighted by atomic mass is 16.6. The summed E-state index contributed by atoms with van der Waals surface area (Å²) >= 11 is 0. The number of likely N-dealkylation sites (tertiary alicyclic amines) is 2. The standard InChI is InChI=1S/C19H24N2O5/c1-3-26-19(24)21-16(22)12-15(18(23)20-10-4-5-11-20)17(21)13-6-8-14(25-2)9-7-13/h6-9,15,17H,3-5,10-12H2,1-2H3/t15?,17-/m1/s1. The van der Waals surface area contributed by atoms with E-state index in [1.54, 1.807) is 43.2 Å². The van der Waals surface area contributed by atoms with Crippen molar-refractivity contribution >= 4 is 17.9 Å². The minimum absolute atomic E-state index is 0.0187. The number of hydrogen-bond donors (Lipinski definition) is 0. The molecular formula is C19H24N2O5. The van der Waals surface area contributed by atoms with Gasteiger partial charge in [0.25, 0.3) is 0 Å². The zero-order valence-electron chi connectivity index (χ0n) is 15.1. The van der Waals surface area contributed by atoms with Crippen molar-refractivity contribution in [1.82, 2.24) is 9.80 Å². The quantitative estimate of drug-likeness (QED) is 0.824. The van der Waals surface area contributed by atoms with Crippen LogP contribution in [-0.2, 0) is 14.3 Å². The Morgan fingerprint density at radius 1 is 1.15 bits per heavy atom. The van der Waals surface area contributed by atoms with Crippen LogP contribution in [0.15, 0.2) is 24.3 Å². The van der Waals surface area contributed by atoms with E-state index < -0.39 is 18.1 Å². The van der Waals surface area contributed by atoms with Gasteiger partial charge >= 0.3 is 6.09 Å². The molecule has 0 bridgehead atoms. The molecule has 1 aromatic carbocycles. The van der Waals surface area contributed by atoms with Crippen molar-refractivity contribution < 1.29 is 23.9 Å². The first-order chi connectivity index (χ1) is 12.6. The van der Waals surface area contributed by atoms with E-state index in [-0.39, 0.29) is 24.8 Å². The third kappa shape index (κ3) is 3.38. The number of methoxy groups -OCH3 is 1. The van der Waals surface area contributed by atoms with E-state index in [4.69, 9.17) is 9.47 Å². The monoisotopic (exact) mass is 360 g/mol. The van der Waals surface area contributed by atoms with Gasteiger partial charge in [0.05, 0.1) is 25.7 Å². The smallest absolute Gasteiger partial charge is 0.417 e. The first-order valence-electron chi connectivity index (χ1n) is 8.98. The van der Waals surface area contributed by atoms with Crippen LogP contribution in [0.1, 0.15) is 37.8 Å². The molecule has 0 N–H and O–H groups in total. The predicted molar refractivity (Wildman–Crippen MR) is 93.5 cm³/mol. The average Bonchev–Trinajstić information content (AvgIpc) is 3.29. The second-order valence-corrected chi connectivity index (χ2v) is 6.52. The molecule has 140 valence electrons. The summed E-state index contributed by atoms with van der Waals surface area (Å²) in [4.78, 5) is 40.8. The third-order valence-corrected chi connectivity index (χ3v) is 4.98. The second-order valence-electron chi connectivity index (χ2n) is 6.52. The first-order valence-corrected chi connectivity index (χ1v) is 8.98. The van der Waals surface area contributed by atoms with E-state index in [2.05, 4.69) is 0 Å². The van der Waals surface area contributed by atoms with Gasteiger partial charge in [0.15, 0.2) is 0 Å². The van der Waals surface area contributed by atoms with Crippen molar-refractivity contribution in [3.8, 4) is 5.75 Å². The third-order valence-electron chi connectivity index (χ3n) is 4.98. The predicted octanol–water partition coefficient (Wildman–Crippen LogP) is 2.36. The second kappa shape index (κ2) is 7.76. The number of hydrogen-bond acceptors (Lipinski definition) is 5. The van der Waals surface area contributed by atoms with Crippen molar-refractivity contribution in [2.75, 3.05) is 26.8 Å². The summed E-state index contributed by atoms with van der Waals surface area (Å²) in [7, 11) is 1.57. The van der Waals surface area contributed by atoms with Crippen LogP contribution in [0, 0.1) is 5.92 Å². The summed E-state index contributed by atoms with van der Waals surface area (Å²) in [5, 5.41) is 0. The zero-order valence-corrected chi connectivity index (χ0v) is 15.1. The Morgan fingerprint density at radius 2 is 1.81 bits per heavy atom. The highest BCUT2D eigenvalue weighted by Crippen LogP contribution is 2.40. The van der Waals surface area contributed by atoms with Crippen LogP contribution in [0.4, 0.5) is 4.79 Å². The molecule has 0 aliphatic carbocycles. The molecule has 1 unspecified atom stereocenters. The fraction of sp³-hybridized carbons (Fsp3) is 0.526. The van der Waals surface area contributed by atoms with Gasteiger partial charge in [0, 0.05) is 19.5 Å². The van der Waals surface area contributed by atoms with E-state index >= 15 is 0 Å². The van der Waals surface area contributed by atoms with Crippen LogP contribution in [0.2, 0.25) is 0 Å². The normalized spacial score (nSPS) is 22.6. The SMILES string of the molecule is CCOC(=O)N1C(=O)CC(C(=O)N2CCCC2)[C@H]1c1ccc(OC)cc1. The summed E-state index contributed by atoms with van der Waals surface area (Å²) in [5.41, 5.74) is 0.724. The van der Waals surface area contributed by atoms with E-state index in [0.717, 1.165) is 23.3 Å². The van der Waals surface area contributed by atoms with Crippen molar-refractivity contribution in [2.45, 2.75) is 32.2 Å². The number of nitrogens with zero attached hydrogens (tertiary/aromatic N) is 2. The Bertz CT molecular complexity index is 682. The molecule has 7 nitrogen and oxygen atoms in total. The molecule has 2 fully saturated rings. The fourth-order valence-electron chi connectivity index (χ4n) is 3.72. The highest BCUT2D eigenvalue weighted by Gasteiger charge is 2.49. The molecule has 2 aliphatic rings. The van der Waals surface area contributed by atoms with E-state index in [1.807, 2.05) is 0 Å². The maximum absolute atomic E-state index is 13.0. The van der Waals surface area contributed by atoms with Gasteiger partial charge in [-0.15, -0.1) is 0 Å². The van der Waals surface area contributed by atoms with Gasteiger partial charge in [0.1, 0.15) is 5.75 Å². The van der Waals surface area contributed by atoms with Crippen molar-refractivity contribution in [3.05, 3.63) is 29.8 Å². The van der Waals surface area contributed by atoms with E-state index in [0.29, 0.717) is 18.8 Å². The van der Waals surface area contributed by atoms with Gasteiger partial charge < -0.3 is 14.4 Å². The Labute approximate surface area is 152 Å². The van der Waals surface area contributed by atoms with Gasteiger partial charge in [-0.25, -0.2) is 9.69 Å². The Hall–Kier alpha value is -2.57. The number of carbonyl (C=O) groups excluding carboxylic acids is 3. The lowest BCUT2D eigenvalue weighted by atomic mass is 9.92. The lowest BCUT2D eigenvalue weighted by molar-refractivity contribution is -0.135. The highest BCUT2D eigenvalue weighted by molar-refractivity contribution is 5.99. The molecule has 2 heterocycles. The van der Waals surface area contributed by atoms with Gasteiger partial charge in [-0.3, -0.25) is 9.59 Å². The number of benzene rings is 1. The molecule has 26 heavy (non-hydrogen) atoms. The molecule has 0 aromatic heterocycles. The van der Waals surface area contributed by atoms with Gasteiger partial charge in [-0.1, -0.05) is 12.1 Å². The minimum atomic E-state index is -0.699. The first kappa shape index (κ1) is 18.2. The summed E-state index contributed by atoms with van der Waals surface area (Å²) in [6, 6.07) is 6.45. The lowest BCUT2D eigenvalue weighted by Crippen LogP contribution is -2.39. The maximum atomic E-state index is 13.0. The maximum Gasteiger partial charge on any atom is 0.417 e. The molecule has 2 saturated heterocycles. The van der Waals surface area contributed by atoms with Gasteiger partial charge in [-0.2, -0.15) is 0 Å². The average molecular weight is 360 g/mol. The molecule has 3 rings (SSSR count). The summed E-state index contributed by atoms with van der Waals surface area (Å²) < 4.78 is 10.2. The van der Waals surface area contributed by atoms with Crippen LogP contribution in [0.25, 0.3) is 0 Å². The van der Waals surface area contributed by atoms with Crippen LogP contribution in [0.3, 0.4) is 0 Å². The molecule has 7 heteroatoms. The van der Waals surface area contributed by atoms with Crippen molar-refractivity contribution in [2.24, 2.45) is 5.92 Å². The van der Waals surface area contributed by atoms with Crippen LogP contribution in [-0.4, -0.2) is 54.5 Å². The molecule has 0 radical (unpaired) electrons. The topological polar surface area (TPSA) is 76.2 Å². The van der Waals surface area contributed by atoms with Gasteiger partial charge in [-0.05, 0) is 37.5 Å². The number of rotatable bonds is 4. The number of carbonyl (C=O) groups is 3. The summed E-state index contributed by atoms with van der Waals surface area (Å²) in [5.74, 6) is -0.355. The van der Waals surface area contributed by atoms with Gasteiger partial charge in [0.2, 0.25) is 11.8 Å². The van der Waals surface area contributed by atoms with Crippen molar-refractivity contribution in [3.63, 3.8) is 0 Å². The molecule has 2 atom stereocenters. The summed E-state index contributed by atoms with van der Waals surface area (Å²) in [6.07, 6.45) is 1.27. The molecule has 1 aromatic rings. The molecule has 0 saturated carbocycles.